The van der Waals surface area contributed by atoms with Crippen molar-refractivity contribution in [3.05, 3.63) is 88.8 Å². The third-order valence-electron chi connectivity index (χ3n) is 4.85. The van der Waals surface area contributed by atoms with Gasteiger partial charge in [-0.05, 0) is 62.6 Å². The maximum Gasteiger partial charge on any atom is 0.0544 e. The molecule has 5 heteroatoms. The number of rotatable bonds is 9. The zero-order chi connectivity index (χ0) is 20.6. The quantitative estimate of drug-likeness (QED) is 0.600. The van der Waals surface area contributed by atoms with E-state index in [0.717, 1.165) is 43.3 Å². The number of nitrogens with one attached hydrogen (secondary N) is 1. The van der Waals surface area contributed by atoms with Gasteiger partial charge < -0.3 is 5.32 Å². The lowest BCUT2D eigenvalue weighted by molar-refractivity contribution is 0.225. The van der Waals surface area contributed by atoms with E-state index < -0.39 is 0 Å². The predicted molar refractivity (Wildman–Crippen MR) is 117 cm³/mol. The van der Waals surface area contributed by atoms with Crippen LogP contribution in [-0.2, 0) is 19.6 Å². The van der Waals surface area contributed by atoms with Gasteiger partial charge in [0.2, 0.25) is 0 Å². The first-order valence-electron chi connectivity index (χ1n) is 10.2. The SMILES string of the molecule is Cc1ccc(CNC(C)CN(Cc2ccc(C)cn2)Cc2ccc(C)cn2)nc1. The summed E-state index contributed by atoms with van der Waals surface area (Å²) in [7, 11) is 0. The number of aryl methyl sites for hydroxylation is 3. The number of aromatic nitrogens is 3. The topological polar surface area (TPSA) is 53.9 Å². The van der Waals surface area contributed by atoms with Gasteiger partial charge in [0.05, 0.1) is 17.1 Å². The van der Waals surface area contributed by atoms with Gasteiger partial charge in [0, 0.05) is 50.8 Å². The molecule has 152 valence electrons. The smallest absolute Gasteiger partial charge is 0.0544 e. The highest BCUT2D eigenvalue weighted by atomic mass is 15.2. The molecule has 0 radical (unpaired) electrons. The van der Waals surface area contributed by atoms with Gasteiger partial charge in [0.15, 0.2) is 0 Å². The van der Waals surface area contributed by atoms with Gasteiger partial charge in [-0.15, -0.1) is 0 Å². The maximum atomic E-state index is 4.59. The molecule has 3 aromatic rings. The van der Waals surface area contributed by atoms with Crippen molar-refractivity contribution in [2.75, 3.05) is 6.54 Å². The van der Waals surface area contributed by atoms with E-state index in [1.165, 1.54) is 16.7 Å². The molecule has 5 nitrogen and oxygen atoms in total. The fourth-order valence-corrected chi connectivity index (χ4v) is 3.16. The van der Waals surface area contributed by atoms with Gasteiger partial charge in [-0.3, -0.25) is 19.9 Å². The van der Waals surface area contributed by atoms with Crippen molar-refractivity contribution in [2.45, 2.75) is 53.4 Å². The Bertz CT molecular complexity index is 825. The van der Waals surface area contributed by atoms with Crippen LogP contribution in [0.15, 0.2) is 55.0 Å². The van der Waals surface area contributed by atoms with Crippen molar-refractivity contribution < 1.29 is 0 Å². The second kappa shape index (κ2) is 10.2. The summed E-state index contributed by atoms with van der Waals surface area (Å²) in [6.45, 7) is 11.7. The van der Waals surface area contributed by atoms with E-state index in [1.54, 1.807) is 0 Å². The summed E-state index contributed by atoms with van der Waals surface area (Å²) in [5.41, 5.74) is 6.77. The molecule has 0 aliphatic heterocycles. The fraction of sp³-hybridized carbons (Fsp3) is 0.375. The van der Waals surface area contributed by atoms with Crippen LogP contribution in [0.5, 0.6) is 0 Å². The molecular weight excluding hydrogens is 358 g/mol. The Balaban J connectivity index is 1.63. The lowest BCUT2D eigenvalue weighted by Gasteiger charge is -2.26. The predicted octanol–water partition coefficient (Wildman–Crippen LogP) is 3.98. The van der Waals surface area contributed by atoms with Crippen LogP contribution in [-0.4, -0.2) is 32.4 Å². The lowest BCUT2D eigenvalue weighted by Crippen LogP contribution is -2.38. The van der Waals surface area contributed by atoms with Crippen LogP contribution >= 0.6 is 0 Å². The van der Waals surface area contributed by atoms with Crippen LogP contribution < -0.4 is 5.32 Å². The van der Waals surface area contributed by atoms with Crippen LogP contribution in [0.3, 0.4) is 0 Å². The van der Waals surface area contributed by atoms with E-state index in [-0.39, 0.29) is 0 Å². The summed E-state index contributed by atoms with van der Waals surface area (Å²) in [5, 5.41) is 3.59. The van der Waals surface area contributed by atoms with Crippen molar-refractivity contribution in [2.24, 2.45) is 0 Å². The molecule has 3 aromatic heterocycles. The van der Waals surface area contributed by atoms with Crippen LogP contribution in [0.25, 0.3) is 0 Å². The molecule has 3 heterocycles. The first kappa shape index (κ1) is 21.1. The van der Waals surface area contributed by atoms with E-state index in [0.29, 0.717) is 6.04 Å². The van der Waals surface area contributed by atoms with Crippen LogP contribution in [0, 0.1) is 20.8 Å². The van der Waals surface area contributed by atoms with Crippen molar-refractivity contribution in [1.82, 2.24) is 25.2 Å². The summed E-state index contributed by atoms with van der Waals surface area (Å²) in [5.74, 6) is 0. The zero-order valence-corrected chi connectivity index (χ0v) is 17.9. The van der Waals surface area contributed by atoms with Gasteiger partial charge in [-0.25, -0.2) is 0 Å². The molecule has 0 saturated heterocycles. The van der Waals surface area contributed by atoms with Gasteiger partial charge in [-0.2, -0.15) is 0 Å². The molecule has 0 bridgehead atoms. The van der Waals surface area contributed by atoms with Gasteiger partial charge in [-0.1, -0.05) is 18.2 Å². The van der Waals surface area contributed by atoms with E-state index in [2.05, 4.69) is 89.3 Å². The van der Waals surface area contributed by atoms with Crippen LogP contribution in [0.2, 0.25) is 0 Å². The van der Waals surface area contributed by atoms with Crippen LogP contribution in [0.1, 0.15) is 40.7 Å². The first-order valence-corrected chi connectivity index (χ1v) is 10.2. The normalized spacial score (nSPS) is 12.3. The van der Waals surface area contributed by atoms with Gasteiger partial charge >= 0.3 is 0 Å². The molecule has 0 aromatic carbocycles. The fourth-order valence-electron chi connectivity index (χ4n) is 3.16. The highest BCUT2D eigenvalue weighted by molar-refractivity contribution is 5.14. The lowest BCUT2D eigenvalue weighted by atomic mass is 10.2. The Morgan fingerprint density at radius 3 is 1.59 bits per heavy atom. The third-order valence-corrected chi connectivity index (χ3v) is 4.85. The van der Waals surface area contributed by atoms with Gasteiger partial charge in [0.1, 0.15) is 0 Å². The average Bonchev–Trinajstić information content (AvgIpc) is 2.71. The Kier molecular flexibility index (Phi) is 7.44. The Hall–Kier alpha value is -2.63. The standard InChI is InChI=1S/C24H31N5/c1-18-5-8-22(26-11-18)14-25-21(4)15-29(16-23-9-6-19(2)12-27-23)17-24-10-7-20(3)13-28-24/h5-13,21,25H,14-17H2,1-4H3. The molecule has 3 rings (SSSR count). The number of pyridine rings is 3. The number of nitrogens with zero attached hydrogens (tertiary/aromatic N) is 4. The van der Waals surface area contributed by atoms with Crippen molar-refractivity contribution >= 4 is 0 Å². The summed E-state index contributed by atoms with van der Waals surface area (Å²) in [4.78, 5) is 16.1. The largest absolute Gasteiger partial charge is 0.307 e. The Morgan fingerprint density at radius 1 is 0.724 bits per heavy atom. The molecule has 1 unspecified atom stereocenters. The molecule has 29 heavy (non-hydrogen) atoms. The van der Waals surface area contributed by atoms with E-state index in [4.69, 9.17) is 0 Å². The minimum absolute atomic E-state index is 0.314. The third kappa shape index (κ3) is 7.04. The Labute approximate surface area is 174 Å². The van der Waals surface area contributed by atoms with E-state index in [9.17, 15) is 0 Å². The second-order valence-corrected chi connectivity index (χ2v) is 7.93. The minimum atomic E-state index is 0.314. The molecule has 0 spiro atoms. The van der Waals surface area contributed by atoms with Crippen LogP contribution in [0.4, 0.5) is 0 Å². The minimum Gasteiger partial charge on any atom is -0.307 e. The summed E-state index contributed by atoms with van der Waals surface area (Å²) in [6.07, 6.45) is 5.78. The highest BCUT2D eigenvalue weighted by Gasteiger charge is 2.13. The summed E-state index contributed by atoms with van der Waals surface area (Å²) in [6, 6.07) is 13.0. The molecule has 0 aliphatic rings. The maximum absolute atomic E-state index is 4.59. The van der Waals surface area contributed by atoms with Crippen molar-refractivity contribution in [3.63, 3.8) is 0 Å². The first-order chi connectivity index (χ1) is 14.0. The molecule has 1 atom stereocenters. The molecule has 0 saturated carbocycles. The number of hydrogen-bond acceptors (Lipinski definition) is 5. The summed E-state index contributed by atoms with van der Waals surface area (Å²) >= 11 is 0. The number of hydrogen-bond donors (Lipinski definition) is 1. The molecule has 0 fully saturated rings. The zero-order valence-electron chi connectivity index (χ0n) is 17.9. The van der Waals surface area contributed by atoms with E-state index in [1.807, 2.05) is 18.6 Å². The van der Waals surface area contributed by atoms with Gasteiger partial charge in [0.25, 0.3) is 0 Å². The second-order valence-electron chi connectivity index (χ2n) is 7.93. The average molecular weight is 390 g/mol. The highest BCUT2D eigenvalue weighted by Crippen LogP contribution is 2.10. The van der Waals surface area contributed by atoms with E-state index >= 15 is 0 Å². The molecule has 0 aliphatic carbocycles. The Morgan fingerprint density at radius 2 is 1.17 bits per heavy atom. The monoisotopic (exact) mass is 389 g/mol. The molecule has 0 amide bonds. The van der Waals surface area contributed by atoms with Crippen molar-refractivity contribution in [3.8, 4) is 0 Å². The molecular formula is C24H31N5. The summed E-state index contributed by atoms with van der Waals surface area (Å²) < 4.78 is 0. The van der Waals surface area contributed by atoms with Crippen molar-refractivity contribution in [1.29, 1.82) is 0 Å². The molecule has 1 N–H and O–H groups in total.